The van der Waals surface area contributed by atoms with Crippen molar-refractivity contribution in [3.8, 4) is 11.3 Å². The number of aryl methyl sites for hydroxylation is 2. The number of benzene rings is 1. The largest absolute Gasteiger partial charge is 0.256 e. The van der Waals surface area contributed by atoms with Gasteiger partial charge in [0, 0.05) is 11.8 Å². The fraction of sp³-hybridized carbons (Fsp3) is 0.621. The Morgan fingerprint density at radius 1 is 0.733 bits per heavy atom. The Morgan fingerprint density at radius 3 is 2.17 bits per heavy atom. The van der Waals surface area contributed by atoms with Gasteiger partial charge >= 0.3 is 0 Å². The van der Waals surface area contributed by atoms with E-state index < -0.39 is 0 Å². The molecule has 0 saturated heterocycles. The summed E-state index contributed by atoms with van der Waals surface area (Å²) in [4.78, 5) is 4.70. The molecule has 1 aromatic carbocycles. The second kappa shape index (κ2) is 12.9. The molecule has 1 aromatic heterocycles. The van der Waals surface area contributed by atoms with Crippen LogP contribution < -0.4 is 0 Å². The van der Waals surface area contributed by atoms with Gasteiger partial charge in [0.15, 0.2) is 0 Å². The molecule has 0 aliphatic heterocycles. The van der Waals surface area contributed by atoms with Gasteiger partial charge in [0.25, 0.3) is 0 Å². The first-order valence-corrected chi connectivity index (χ1v) is 12.8. The number of aromatic nitrogens is 1. The van der Waals surface area contributed by atoms with Crippen LogP contribution in [0.2, 0.25) is 0 Å². The zero-order valence-electron chi connectivity index (χ0n) is 19.5. The molecule has 2 unspecified atom stereocenters. The van der Waals surface area contributed by atoms with Crippen molar-refractivity contribution in [2.75, 3.05) is 0 Å². The van der Waals surface area contributed by atoms with Crippen LogP contribution in [-0.4, -0.2) is 4.98 Å². The maximum atomic E-state index is 4.70. The maximum absolute atomic E-state index is 4.70. The number of unbranched alkanes of at least 4 members (excludes halogenated alkanes) is 4. The lowest BCUT2D eigenvalue weighted by molar-refractivity contribution is 0.239. The third-order valence-corrected chi connectivity index (χ3v) is 7.09. The van der Waals surface area contributed by atoms with E-state index in [2.05, 4.69) is 56.4 Å². The quantitative estimate of drug-likeness (QED) is 0.321. The Kier molecular flexibility index (Phi) is 9.93. The van der Waals surface area contributed by atoms with Crippen LogP contribution in [0.5, 0.6) is 0 Å². The Labute approximate surface area is 185 Å². The van der Waals surface area contributed by atoms with Crippen molar-refractivity contribution in [3.05, 3.63) is 53.7 Å². The summed E-state index contributed by atoms with van der Waals surface area (Å²) in [6.07, 6.45) is 21.3. The Balaban J connectivity index is 1.44. The first-order valence-electron chi connectivity index (χ1n) is 12.8. The molecule has 1 saturated carbocycles. The first-order chi connectivity index (χ1) is 14.8. The van der Waals surface area contributed by atoms with Gasteiger partial charge in [-0.1, -0.05) is 102 Å². The first kappa shape index (κ1) is 23.0. The third-order valence-electron chi connectivity index (χ3n) is 7.09. The van der Waals surface area contributed by atoms with E-state index in [1.165, 1.54) is 100 Å². The molecule has 0 bridgehead atoms. The highest BCUT2D eigenvalue weighted by molar-refractivity contribution is 5.59. The van der Waals surface area contributed by atoms with E-state index in [9.17, 15) is 0 Å². The van der Waals surface area contributed by atoms with Crippen LogP contribution in [-0.2, 0) is 12.8 Å². The van der Waals surface area contributed by atoms with Gasteiger partial charge in [-0.15, -0.1) is 0 Å². The van der Waals surface area contributed by atoms with E-state index >= 15 is 0 Å². The minimum Gasteiger partial charge on any atom is -0.256 e. The minimum atomic E-state index is 0.951. The van der Waals surface area contributed by atoms with Crippen LogP contribution in [0, 0.1) is 11.8 Å². The van der Waals surface area contributed by atoms with Gasteiger partial charge in [0.05, 0.1) is 5.69 Å². The zero-order valence-corrected chi connectivity index (χ0v) is 19.5. The van der Waals surface area contributed by atoms with Crippen molar-refractivity contribution in [3.63, 3.8) is 0 Å². The molecule has 3 rings (SSSR count). The molecule has 1 aliphatic rings. The standard InChI is InChI=1S/C29H43N/c1-3-5-7-8-11-25-12-9-13-26(22-25)15-14-24-16-19-28(20-17-24)29-21-18-27(23-30-29)10-6-4-2/h16-21,23,25-26H,3-15,22H2,1-2H3. The Bertz CT molecular complexity index is 700. The molecular weight excluding hydrogens is 362 g/mol. The summed E-state index contributed by atoms with van der Waals surface area (Å²) >= 11 is 0. The smallest absolute Gasteiger partial charge is 0.0702 e. The number of pyridine rings is 1. The molecule has 1 nitrogen and oxygen atoms in total. The minimum absolute atomic E-state index is 0.951. The molecule has 0 radical (unpaired) electrons. The number of rotatable bonds is 12. The molecule has 164 valence electrons. The maximum Gasteiger partial charge on any atom is 0.0702 e. The van der Waals surface area contributed by atoms with Gasteiger partial charge in [-0.25, -0.2) is 0 Å². The Hall–Kier alpha value is -1.63. The van der Waals surface area contributed by atoms with Gasteiger partial charge in [0.1, 0.15) is 0 Å². The van der Waals surface area contributed by atoms with Crippen molar-refractivity contribution >= 4 is 0 Å². The topological polar surface area (TPSA) is 12.9 Å². The van der Waals surface area contributed by atoms with E-state index in [0.29, 0.717) is 0 Å². The molecule has 1 heterocycles. The van der Waals surface area contributed by atoms with E-state index in [0.717, 1.165) is 24.0 Å². The van der Waals surface area contributed by atoms with Gasteiger partial charge in [-0.2, -0.15) is 0 Å². The van der Waals surface area contributed by atoms with Crippen LogP contribution in [0.4, 0.5) is 0 Å². The van der Waals surface area contributed by atoms with Crippen LogP contribution in [0.3, 0.4) is 0 Å². The Morgan fingerprint density at radius 2 is 1.47 bits per heavy atom. The van der Waals surface area contributed by atoms with Crippen LogP contribution in [0.15, 0.2) is 42.6 Å². The summed E-state index contributed by atoms with van der Waals surface area (Å²) in [6.45, 7) is 4.55. The molecule has 1 heteroatoms. The predicted molar refractivity (Wildman–Crippen MR) is 131 cm³/mol. The number of hydrogen-bond acceptors (Lipinski definition) is 1. The second-order valence-electron chi connectivity index (χ2n) is 9.64. The van der Waals surface area contributed by atoms with E-state index in [-0.39, 0.29) is 0 Å². The average molecular weight is 406 g/mol. The zero-order chi connectivity index (χ0) is 21.0. The SMILES string of the molecule is CCCCCCC1CCCC(CCc2ccc(-c3ccc(CCCC)cn3)cc2)C1. The van der Waals surface area contributed by atoms with Gasteiger partial charge in [-0.05, 0) is 61.1 Å². The molecule has 0 amide bonds. The summed E-state index contributed by atoms with van der Waals surface area (Å²) in [7, 11) is 0. The predicted octanol–water partition coefficient (Wildman–Crippen LogP) is 8.80. The van der Waals surface area contributed by atoms with Gasteiger partial charge in [-0.3, -0.25) is 4.98 Å². The lowest BCUT2D eigenvalue weighted by Gasteiger charge is -2.29. The highest BCUT2D eigenvalue weighted by Crippen LogP contribution is 2.35. The summed E-state index contributed by atoms with van der Waals surface area (Å²) in [5.41, 5.74) is 5.18. The van der Waals surface area contributed by atoms with Crippen LogP contribution in [0.1, 0.15) is 102 Å². The average Bonchev–Trinajstić information content (AvgIpc) is 2.80. The van der Waals surface area contributed by atoms with E-state index in [4.69, 9.17) is 4.98 Å². The highest BCUT2D eigenvalue weighted by Gasteiger charge is 2.21. The van der Waals surface area contributed by atoms with Crippen molar-refractivity contribution in [2.24, 2.45) is 11.8 Å². The highest BCUT2D eigenvalue weighted by atomic mass is 14.7. The van der Waals surface area contributed by atoms with Crippen molar-refractivity contribution < 1.29 is 0 Å². The fourth-order valence-electron chi connectivity index (χ4n) is 5.12. The molecule has 1 fully saturated rings. The second-order valence-corrected chi connectivity index (χ2v) is 9.64. The third kappa shape index (κ3) is 7.56. The van der Waals surface area contributed by atoms with Crippen molar-refractivity contribution in [2.45, 2.75) is 104 Å². The van der Waals surface area contributed by atoms with E-state index in [1.54, 1.807) is 0 Å². The molecule has 30 heavy (non-hydrogen) atoms. The number of nitrogens with zero attached hydrogens (tertiary/aromatic N) is 1. The van der Waals surface area contributed by atoms with Crippen molar-refractivity contribution in [1.82, 2.24) is 4.98 Å². The molecule has 0 spiro atoms. The molecule has 1 aliphatic carbocycles. The normalized spacial score (nSPS) is 19.1. The summed E-state index contributed by atoms with van der Waals surface area (Å²) in [6, 6.07) is 13.6. The fourth-order valence-corrected chi connectivity index (χ4v) is 5.12. The van der Waals surface area contributed by atoms with Gasteiger partial charge < -0.3 is 0 Å². The van der Waals surface area contributed by atoms with E-state index in [1.807, 2.05) is 0 Å². The summed E-state index contributed by atoms with van der Waals surface area (Å²) in [5.74, 6) is 1.96. The number of hydrogen-bond donors (Lipinski definition) is 0. The lowest BCUT2D eigenvalue weighted by Crippen LogP contribution is -2.16. The summed E-state index contributed by atoms with van der Waals surface area (Å²) in [5, 5.41) is 0. The monoisotopic (exact) mass is 405 g/mol. The van der Waals surface area contributed by atoms with Crippen molar-refractivity contribution in [1.29, 1.82) is 0 Å². The van der Waals surface area contributed by atoms with Crippen LogP contribution in [0.25, 0.3) is 11.3 Å². The molecule has 2 aromatic rings. The molecule has 0 N–H and O–H groups in total. The van der Waals surface area contributed by atoms with Gasteiger partial charge in [0.2, 0.25) is 0 Å². The molecule has 2 atom stereocenters. The van der Waals surface area contributed by atoms with Crippen LogP contribution >= 0.6 is 0 Å². The molecular formula is C29H43N. The lowest BCUT2D eigenvalue weighted by atomic mass is 9.77. The summed E-state index contributed by atoms with van der Waals surface area (Å²) < 4.78 is 0.